The van der Waals surface area contributed by atoms with E-state index in [1.807, 2.05) is 31.2 Å². The van der Waals surface area contributed by atoms with Crippen LogP contribution in [0.3, 0.4) is 0 Å². The number of nitro benzene ring substituents is 1. The molecule has 0 bridgehead atoms. The number of rotatable bonds is 8. The molecule has 3 aromatic rings. The van der Waals surface area contributed by atoms with Gasteiger partial charge in [-0.05, 0) is 55.3 Å². The Hall–Kier alpha value is -4.53. The highest BCUT2D eigenvalue weighted by molar-refractivity contribution is 6.06. The lowest BCUT2D eigenvalue weighted by Gasteiger charge is -2.09. The third-order valence-corrected chi connectivity index (χ3v) is 4.69. The van der Waals surface area contributed by atoms with Gasteiger partial charge in [-0.15, -0.1) is 0 Å². The third kappa shape index (κ3) is 6.47. The van der Waals surface area contributed by atoms with Gasteiger partial charge in [0.15, 0.2) is 6.61 Å². The minimum absolute atomic E-state index is 0.0654. The van der Waals surface area contributed by atoms with Crippen LogP contribution in [0.4, 0.5) is 11.4 Å². The van der Waals surface area contributed by atoms with E-state index in [2.05, 4.69) is 15.8 Å². The van der Waals surface area contributed by atoms with Crippen molar-refractivity contribution in [3.05, 3.63) is 99.6 Å². The van der Waals surface area contributed by atoms with E-state index in [-0.39, 0.29) is 18.2 Å². The van der Waals surface area contributed by atoms with Crippen molar-refractivity contribution >= 4 is 28.9 Å². The van der Waals surface area contributed by atoms with Gasteiger partial charge in [0, 0.05) is 23.4 Å². The first kappa shape index (κ1) is 23.1. The van der Waals surface area contributed by atoms with E-state index < -0.39 is 10.8 Å². The fourth-order valence-corrected chi connectivity index (χ4v) is 2.90. The van der Waals surface area contributed by atoms with Crippen LogP contribution < -0.4 is 15.5 Å². The number of nitro groups is 1. The van der Waals surface area contributed by atoms with E-state index in [0.717, 1.165) is 5.56 Å². The minimum Gasteiger partial charge on any atom is -0.484 e. The van der Waals surface area contributed by atoms with E-state index in [1.54, 1.807) is 31.2 Å². The monoisotopic (exact) mass is 446 g/mol. The van der Waals surface area contributed by atoms with E-state index in [9.17, 15) is 19.7 Å². The molecule has 0 saturated carbocycles. The van der Waals surface area contributed by atoms with Crippen LogP contribution in [0.25, 0.3) is 0 Å². The maximum Gasteiger partial charge on any atom is 0.277 e. The molecule has 0 atom stereocenters. The molecule has 0 unspecified atom stereocenters. The Kier molecular flexibility index (Phi) is 7.48. The average molecular weight is 446 g/mol. The molecule has 2 amide bonds. The van der Waals surface area contributed by atoms with Crippen molar-refractivity contribution in [3.63, 3.8) is 0 Å². The van der Waals surface area contributed by atoms with Crippen molar-refractivity contribution in [1.29, 1.82) is 0 Å². The molecule has 168 valence electrons. The Labute approximate surface area is 190 Å². The van der Waals surface area contributed by atoms with Gasteiger partial charge in [0.2, 0.25) is 0 Å². The van der Waals surface area contributed by atoms with Crippen LogP contribution in [0, 0.1) is 17.0 Å². The van der Waals surface area contributed by atoms with Crippen LogP contribution in [0.15, 0.2) is 77.9 Å². The minimum atomic E-state index is -0.517. The van der Waals surface area contributed by atoms with Gasteiger partial charge < -0.3 is 10.1 Å². The number of aryl methyl sites for hydroxylation is 1. The van der Waals surface area contributed by atoms with Crippen LogP contribution in [-0.4, -0.2) is 29.1 Å². The molecule has 33 heavy (non-hydrogen) atoms. The molecule has 0 aliphatic rings. The molecular formula is C24H22N4O5. The highest BCUT2D eigenvalue weighted by Crippen LogP contribution is 2.17. The Morgan fingerprint density at radius 1 is 1.03 bits per heavy atom. The van der Waals surface area contributed by atoms with Gasteiger partial charge in [-0.25, -0.2) is 5.43 Å². The fourth-order valence-electron chi connectivity index (χ4n) is 2.90. The number of hydrogen-bond donors (Lipinski definition) is 2. The first-order valence-electron chi connectivity index (χ1n) is 10.0. The number of anilines is 1. The molecule has 0 radical (unpaired) electrons. The number of benzene rings is 3. The summed E-state index contributed by atoms with van der Waals surface area (Å²) in [7, 11) is 0. The molecule has 0 fully saturated rings. The smallest absolute Gasteiger partial charge is 0.277 e. The summed E-state index contributed by atoms with van der Waals surface area (Å²) in [6.45, 7) is 3.29. The lowest BCUT2D eigenvalue weighted by molar-refractivity contribution is -0.384. The summed E-state index contributed by atoms with van der Waals surface area (Å²) < 4.78 is 5.30. The maximum absolute atomic E-state index is 12.5. The van der Waals surface area contributed by atoms with E-state index in [1.165, 1.54) is 24.3 Å². The zero-order valence-corrected chi connectivity index (χ0v) is 18.1. The predicted octanol–water partition coefficient (Wildman–Crippen LogP) is 4.07. The predicted molar refractivity (Wildman–Crippen MR) is 125 cm³/mol. The zero-order chi connectivity index (χ0) is 23.8. The first-order chi connectivity index (χ1) is 15.8. The maximum atomic E-state index is 12.5. The van der Waals surface area contributed by atoms with Crippen molar-refractivity contribution in [2.75, 3.05) is 11.9 Å². The number of nitrogens with zero attached hydrogens (tertiary/aromatic N) is 2. The molecule has 0 heterocycles. The molecule has 9 nitrogen and oxygen atoms in total. The Balaban J connectivity index is 1.56. The Bertz CT molecular complexity index is 1210. The number of ether oxygens (including phenoxy) is 1. The Morgan fingerprint density at radius 3 is 2.45 bits per heavy atom. The average Bonchev–Trinajstić information content (AvgIpc) is 2.81. The van der Waals surface area contributed by atoms with Crippen molar-refractivity contribution in [3.8, 4) is 5.75 Å². The van der Waals surface area contributed by atoms with Gasteiger partial charge in [0.05, 0.1) is 10.6 Å². The highest BCUT2D eigenvalue weighted by atomic mass is 16.6. The summed E-state index contributed by atoms with van der Waals surface area (Å²) in [6.07, 6.45) is 0. The second kappa shape index (κ2) is 10.7. The number of carbonyl (C=O) groups is 2. The van der Waals surface area contributed by atoms with E-state index in [4.69, 9.17) is 4.74 Å². The van der Waals surface area contributed by atoms with Gasteiger partial charge in [0.1, 0.15) is 5.75 Å². The van der Waals surface area contributed by atoms with Crippen LogP contribution in [0.5, 0.6) is 5.75 Å². The third-order valence-electron chi connectivity index (χ3n) is 4.69. The Morgan fingerprint density at radius 2 is 1.76 bits per heavy atom. The number of amides is 2. The zero-order valence-electron chi connectivity index (χ0n) is 18.1. The summed E-state index contributed by atoms with van der Waals surface area (Å²) in [6, 6.07) is 19.8. The molecule has 0 saturated heterocycles. The lowest BCUT2D eigenvalue weighted by Crippen LogP contribution is -2.25. The number of hydrogen-bond acceptors (Lipinski definition) is 6. The molecule has 9 heteroatoms. The molecule has 3 aromatic carbocycles. The molecule has 0 aliphatic heterocycles. The topological polar surface area (TPSA) is 123 Å². The molecular weight excluding hydrogens is 424 g/mol. The summed E-state index contributed by atoms with van der Waals surface area (Å²) >= 11 is 0. The number of nitrogens with one attached hydrogen (secondary N) is 2. The van der Waals surface area contributed by atoms with Crippen LogP contribution in [0.2, 0.25) is 0 Å². The van der Waals surface area contributed by atoms with Gasteiger partial charge in [0.25, 0.3) is 17.5 Å². The summed E-state index contributed by atoms with van der Waals surface area (Å²) in [5, 5.41) is 17.6. The molecule has 2 N–H and O–H groups in total. The van der Waals surface area contributed by atoms with E-state index >= 15 is 0 Å². The lowest BCUT2D eigenvalue weighted by atomic mass is 10.1. The first-order valence-corrected chi connectivity index (χ1v) is 10.0. The van der Waals surface area contributed by atoms with Crippen LogP contribution >= 0.6 is 0 Å². The number of hydrazone groups is 1. The number of carbonyl (C=O) groups excluding carboxylic acids is 2. The van der Waals surface area contributed by atoms with Gasteiger partial charge in [-0.3, -0.25) is 19.7 Å². The molecule has 3 rings (SSSR count). The highest BCUT2D eigenvalue weighted by Gasteiger charge is 2.10. The van der Waals surface area contributed by atoms with E-state index in [0.29, 0.717) is 28.3 Å². The summed E-state index contributed by atoms with van der Waals surface area (Å²) in [5.74, 6) is -0.373. The largest absolute Gasteiger partial charge is 0.484 e. The van der Waals surface area contributed by atoms with Crippen LogP contribution in [-0.2, 0) is 4.79 Å². The second-order valence-corrected chi connectivity index (χ2v) is 7.12. The normalized spacial score (nSPS) is 10.9. The van der Waals surface area contributed by atoms with Gasteiger partial charge in [-0.2, -0.15) is 5.10 Å². The van der Waals surface area contributed by atoms with Crippen molar-refractivity contribution in [1.82, 2.24) is 5.43 Å². The van der Waals surface area contributed by atoms with Gasteiger partial charge >= 0.3 is 0 Å². The van der Waals surface area contributed by atoms with Gasteiger partial charge in [-0.1, -0.05) is 30.3 Å². The number of non-ortho nitro benzene ring substituents is 1. The molecule has 0 spiro atoms. The SMILES string of the molecule is C/C(=N/NC(=O)COc1ccc([N+](=O)[O-])cc1)c1cccc(NC(=O)c2ccccc2C)c1. The fraction of sp³-hybridized carbons (Fsp3) is 0.125. The van der Waals surface area contributed by atoms with Crippen molar-refractivity contribution in [2.45, 2.75) is 13.8 Å². The second-order valence-electron chi connectivity index (χ2n) is 7.12. The molecule has 0 aliphatic carbocycles. The summed E-state index contributed by atoms with van der Waals surface area (Å²) in [4.78, 5) is 34.7. The quantitative estimate of drug-likeness (QED) is 0.307. The summed E-state index contributed by atoms with van der Waals surface area (Å²) in [5.41, 5.74) is 5.66. The van der Waals surface area contributed by atoms with Crippen molar-refractivity contribution in [2.24, 2.45) is 5.10 Å². The molecule has 0 aromatic heterocycles. The standard InChI is InChI=1S/C24H22N4O5/c1-16-6-3-4-9-22(16)24(30)25-19-8-5-7-18(14-19)17(2)26-27-23(29)15-33-21-12-10-20(11-13-21)28(31)32/h3-14H,15H2,1-2H3,(H,25,30)(H,27,29)/b26-17-. The van der Waals surface area contributed by atoms with Crippen LogP contribution in [0.1, 0.15) is 28.4 Å². The van der Waals surface area contributed by atoms with Crippen molar-refractivity contribution < 1.29 is 19.2 Å².